The highest BCUT2D eigenvalue weighted by Crippen LogP contribution is 2.57. The summed E-state index contributed by atoms with van der Waals surface area (Å²) in [5.41, 5.74) is 12.9. The predicted octanol–water partition coefficient (Wildman–Crippen LogP) is 11.9. The topological polar surface area (TPSA) is 47.9 Å². The Balaban J connectivity index is 1.17. The number of ether oxygens (including phenoxy) is 1. The van der Waals surface area contributed by atoms with Crippen molar-refractivity contribution in [3.05, 3.63) is 228 Å². The van der Waals surface area contributed by atoms with Crippen LogP contribution in [0.4, 0.5) is 0 Å². The molecule has 8 aromatic rings. The van der Waals surface area contributed by atoms with Crippen molar-refractivity contribution in [2.24, 2.45) is 0 Å². The van der Waals surface area contributed by atoms with Gasteiger partial charge >= 0.3 is 0 Å². The van der Waals surface area contributed by atoms with Gasteiger partial charge in [-0.3, -0.25) is 0 Å². The number of benzene rings is 7. The highest BCUT2D eigenvalue weighted by molar-refractivity contribution is 5.88. The molecule has 4 nitrogen and oxygen atoms in total. The van der Waals surface area contributed by atoms with E-state index in [9.17, 15) is 0 Å². The monoisotopic (exact) mass is 717 g/mol. The number of allylic oxidation sites excluding steroid dienone is 2. The average Bonchev–Trinajstić information content (AvgIpc) is 3.81. The van der Waals surface area contributed by atoms with Crippen LogP contribution in [-0.4, -0.2) is 21.1 Å². The summed E-state index contributed by atoms with van der Waals surface area (Å²) in [7, 11) is 0. The molecule has 0 N–H and O–H groups in total. The Morgan fingerprint density at radius 1 is 0.411 bits per heavy atom. The van der Waals surface area contributed by atoms with E-state index in [2.05, 4.69) is 176 Å². The van der Waals surface area contributed by atoms with Crippen LogP contribution in [0, 0.1) is 0 Å². The average molecular weight is 718 g/mol. The second kappa shape index (κ2) is 13.0. The van der Waals surface area contributed by atoms with Gasteiger partial charge in [0.1, 0.15) is 11.9 Å². The van der Waals surface area contributed by atoms with Gasteiger partial charge in [-0.25, -0.2) is 15.0 Å². The van der Waals surface area contributed by atoms with Crippen LogP contribution in [0.15, 0.2) is 200 Å². The first kappa shape index (κ1) is 32.3. The summed E-state index contributed by atoms with van der Waals surface area (Å²) in [6.45, 7) is 0. The first-order valence-electron chi connectivity index (χ1n) is 19.2. The Morgan fingerprint density at radius 2 is 0.982 bits per heavy atom. The molecule has 3 aliphatic rings. The van der Waals surface area contributed by atoms with E-state index in [4.69, 9.17) is 19.7 Å². The number of rotatable bonds is 6. The molecule has 11 rings (SSSR count). The first-order chi connectivity index (χ1) is 27.8. The molecule has 56 heavy (non-hydrogen) atoms. The Bertz CT molecular complexity index is 2790. The van der Waals surface area contributed by atoms with Crippen LogP contribution < -0.4 is 4.74 Å². The van der Waals surface area contributed by atoms with E-state index < -0.39 is 5.41 Å². The van der Waals surface area contributed by atoms with E-state index in [0.717, 1.165) is 39.1 Å². The van der Waals surface area contributed by atoms with Crippen molar-refractivity contribution in [2.45, 2.75) is 17.4 Å². The molecule has 2 aliphatic carbocycles. The number of nitrogens with zero attached hydrogens (tertiary/aromatic N) is 3. The molecule has 0 radical (unpaired) electrons. The molecule has 0 fully saturated rings. The zero-order valence-corrected chi connectivity index (χ0v) is 30.5. The number of fused-ring (bicyclic) bond motifs is 6. The largest absolute Gasteiger partial charge is 0.485 e. The molecule has 0 amide bonds. The maximum atomic E-state index is 6.64. The predicted molar refractivity (Wildman–Crippen MR) is 224 cm³/mol. The van der Waals surface area contributed by atoms with E-state index in [1.165, 1.54) is 33.4 Å². The zero-order chi connectivity index (χ0) is 37.1. The molecule has 7 aromatic carbocycles. The van der Waals surface area contributed by atoms with Crippen molar-refractivity contribution in [2.75, 3.05) is 0 Å². The van der Waals surface area contributed by atoms with Crippen LogP contribution in [0.25, 0.3) is 56.4 Å². The molecule has 0 saturated heterocycles. The summed E-state index contributed by atoms with van der Waals surface area (Å²) in [5.74, 6) is 2.78. The van der Waals surface area contributed by atoms with E-state index in [-0.39, 0.29) is 12.0 Å². The van der Waals surface area contributed by atoms with Crippen molar-refractivity contribution in [1.29, 1.82) is 0 Å². The maximum Gasteiger partial charge on any atom is 0.164 e. The summed E-state index contributed by atoms with van der Waals surface area (Å²) in [5, 5.41) is 0. The van der Waals surface area contributed by atoms with E-state index in [1.54, 1.807) is 0 Å². The van der Waals surface area contributed by atoms with Gasteiger partial charge in [-0.05, 0) is 68.8 Å². The minimum absolute atomic E-state index is 0.0473. The molecule has 2 heterocycles. The normalized spacial score (nSPS) is 16.7. The molecule has 2 unspecified atom stereocenters. The van der Waals surface area contributed by atoms with E-state index in [1.807, 2.05) is 24.3 Å². The fourth-order valence-electron chi connectivity index (χ4n) is 9.08. The van der Waals surface area contributed by atoms with E-state index >= 15 is 0 Å². The van der Waals surface area contributed by atoms with Crippen molar-refractivity contribution < 1.29 is 4.74 Å². The highest BCUT2D eigenvalue weighted by Gasteiger charge is 2.46. The summed E-state index contributed by atoms with van der Waals surface area (Å²) in [6, 6.07) is 62.4. The first-order valence-corrected chi connectivity index (χ1v) is 19.2. The Morgan fingerprint density at radius 3 is 1.70 bits per heavy atom. The number of hydrogen-bond acceptors (Lipinski definition) is 4. The second-order valence-corrected chi connectivity index (χ2v) is 14.6. The Kier molecular flexibility index (Phi) is 7.49. The smallest absolute Gasteiger partial charge is 0.164 e. The Hall–Kier alpha value is -7.17. The van der Waals surface area contributed by atoms with Crippen LogP contribution in [0.5, 0.6) is 5.75 Å². The zero-order valence-electron chi connectivity index (χ0n) is 30.5. The van der Waals surface area contributed by atoms with Crippen molar-refractivity contribution in [3.63, 3.8) is 0 Å². The van der Waals surface area contributed by atoms with Crippen molar-refractivity contribution >= 4 is 0 Å². The molecule has 1 aliphatic heterocycles. The van der Waals surface area contributed by atoms with Gasteiger partial charge in [0, 0.05) is 28.2 Å². The third kappa shape index (κ3) is 5.03. The summed E-state index contributed by atoms with van der Waals surface area (Å²) < 4.78 is 6.64. The standard InChI is InChI=1S/C52H35N3O/c1-5-17-34(18-6-1)37-31-43(48-42-26-14-16-28-46(42)56-47(48)33-37)51-54-49(35-19-7-2-8-20-35)53-50(55-51)36-29-30-41-40-25-13-15-27-44(40)52(45(41)32-36,38-21-9-3-10-22-38)39-23-11-4-12-24-39/h1-33,42,46H. The van der Waals surface area contributed by atoms with Crippen LogP contribution in [0.2, 0.25) is 0 Å². The summed E-state index contributed by atoms with van der Waals surface area (Å²) in [6.07, 6.45) is 8.46. The molecule has 2 atom stereocenters. The van der Waals surface area contributed by atoms with Crippen LogP contribution in [0.1, 0.15) is 33.7 Å². The van der Waals surface area contributed by atoms with Crippen LogP contribution in [-0.2, 0) is 5.41 Å². The molecule has 264 valence electrons. The van der Waals surface area contributed by atoms with Gasteiger partial charge in [-0.2, -0.15) is 0 Å². The SMILES string of the molecule is C1=CC2Oc3cc(-c4ccccc4)cc(-c4nc(-c5ccccc5)nc(-c5ccc6c(c5)C(c5ccccc5)(c5ccccc5)c5ccccc5-6)n4)c3C2C=C1. The van der Waals surface area contributed by atoms with E-state index in [0.29, 0.717) is 17.5 Å². The lowest BCUT2D eigenvalue weighted by Gasteiger charge is -2.34. The summed E-state index contributed by atoms with van der Waals surface area (Å²) in [4.78, 5) is 15.9. The third-order valence-electron chi connectivity index (χ3n) is 11.6. The second-order valence-electron chi connectivity index (χ2n) is 14.6. The number of hydrogen-bond donors (Lipinski definition) is 0. The summed E-state index contributed by atoms with van der Waals surface area (Å²) >= 11 is 0. The minimum Gasteiger partial charge on any atom is -0.485 e. The third-order valence-corrected chi connectivity index (χ3v) is 11.6. The molecule has 0 spiro atoms. The van der Waals surface area contributed by atoms with Gasteiger partial charge in [0.25, 0.3) is 0 Å². The van der Waals surface area contributed by atoms with Crippen LogP contribution >= 0.6 is 0 Å². The fourth-order valence-corrected chi connectivity index (χ4v) is 9.08. The van der Waals surface area contributed by atoms with Gasteiger partial charge < -0.3 is 4.74 Å². The lowest BCUT2D eigenvalue weighted by Crippen LogP contribution is -2.28. The maximum absolute atomic E-state index is 6.64. The molecule has 0 saturated carbocycles. The van der Waals surface area contributed by atoms with Crippen molar-refractivity contribution in [3.8, 4) is 62.2 Å². The Labute approximate surface area is 326 Å². The fraction of sp³-hybridized carbons (Fsp3) is 0.0577. The van der Waals surface area contributed by atoms with Gasteiger partial charge in [-0.15, -0.1) is 0 Å². The van der Waals surface area contributed by atoms with Gasteiger partial charge in [0.15, 0.2) is 17.5 Å². The quantitative estimate of drug-likeness (QED) is 0.172. The van der Waals surface area contributed by atoms with Gasteiger partial charge in [0.2, 0.25) is 0 Å². The van der Waals surface area contributed by atoms with Crippen LogP contribution in [0.3, 0.4) is 0 Å². The molecular weight excluding hydrogens is 683 g/mol. The lowest BCUT2D eigenvalue weighted by molar-refractivity contribution is 0.269. The number of aromatic nitrogens is 3. The molecular formula is C52H35N3O. The van der Waals surface area contributed by atoms with Gasteiger partial charge in [-0.1, -0.05) is 176 Å². The van der Waals surface area contributed by atoms with Crippen molar-refractivity contribution in [1.82, 2.24) is 15.0 Å². The van der Waals surface area contributed by atoms with Gasteiger partial charge in [0.05, 0.1) is 5.41 Å². The molecule has 0 bridgehead atoms. The molecule has 4 heteroatoms. The lowest BCUT2D eigenvalue weighted by atomic mass is 9.67. The molecule has 1 aromatic heterocycles. The highest BCUT2D eigenvalue weighted by atomic mass is 16.5. The minimum atomic E-state index is -0.541.